The molecule has 0 radical (unpaired) electrons. The molecule has 0 aromatic carbocycles. The number of hydrogen-bond acceptors (Lipinski definition) is 2. The van der Waals surface area contributed by atoms with Crippen LogP contribution in [0.1, 0.15) is 20.3 Å². The van der Waals surface area contributed by atoms with Gasteiger partial charge in [0.1, 0.15) is 18.6 Å². The molecule has 0 aromatic rings. The fraction of sp³-hybridized carbons (Fsp3) is 0.778. The number of hydrogen-bond donors (Lipinski definition) is 1. The summed E-state index contributed by atoms with van der Waals surface area (Å²) in [6.07, 6.45) is -4.32. The first-order valence-electron chi connectivity index (χ1n) is 4.94. The second-order valence-corrected chi connectivity index (χ2v) is 3.74. The number of carbonyl (C=O) groups excluding carboxylic acids is 2. The van der Waals surface area contributed by atoms with Gasteiger partial charge < -0.3 is 10.2 Å². The van der Waals surface area contributed by atoms with Crippen LogP contribution in [-0.2, 0) is 9.59 Å². The number of nitrogens with one attached hydrogen (secondary N) is 1. The third-order valence-electron chi connectivity index (χ3n) is 2.43. The van der Waals surface area contributed by atoms with Crippen LogP contribution in [0.15, 0.2) is 0 Å². The molecule has 16 heavy (non-hydrogen) atoms. The van der Waals surface area contributed by atoms with E-state index in [4.69, 9.17) is 0 Å². The van der Waals surface area contributed by atoms with E-state index in [0.717, 1.165) is 0 Å². The van der Waals surface area contributed by atoms with Gasteiger partial charge in [-0.15, -0.1) is 0 Å². The van der Waals surface area contributed by atoms with Gasteiger partial charge in [-0.2, -0.15) is 13.2 Å². The van der Waals surface area contributed by atoms with E-state index in [9.17, 15) is 22.8 Å². The molecule has 1 saturated heterocycles. The van der Waals surface area contributed by atoms with Crippen molar-refractivity contribution < 1.29 is 22.8 Å². The van der Waals surface area contributed by atoms with Gasteiger partial charge in [0.25, 0.3) is 0 Å². The summed E-state index contributed by atoms with van der Waals surface area (Å²) in [6, 6.07) is -1.91. The number of amides is 2. The second kappa shape index (κ2) is 4.31. The molecule has 1 aliphatic rings. The summed E-state index contributed by atoms with van der Waals surface area (Å²) in [4.78, 5) is 23.5. The van der Waals surface area contributed by atoms with Gasteiger partial charge in [0.05, 0.1) is 0 Å². The molecule has 0 spiro atoms. The number of rotatable bonds is 2. The van der Waals surface area contributed by atoms with Crippen molar-refractivity contribution in [1.29, 1.82) is 0 Å². The Morgan fingerprint density at radius 1 is 1.38 bits per heavy atom. The number of carbonyl (C=O) groups is 2. The van der Waals surface area contributed by atoms with Crippen LogP contribution < -0.4 is 5.32 Å². The molecular formula is C9H13F3N2O2. The molecule has 7 heteroatoms. The van der Waals surface area contributed by atoms with E-state index in [1.807, 2.05) is 0 Å². The molecule has 4 nitrogen and oxygen atoms in total. The van der Waals surface area contributed by atoms with Crippen molar-refractivity contribution in [2.24, 2.45) is 0 Å². The SMILES string of the molecule is CCC1C(=O)NC(C)C(=O)N1CC(F)(F)F. The highest BCUT2D eigenvalue weighted by molar-refractivity contribution is 5.96. The zero-order chi connectivity index (χ0) is 12.5. The maximum absolute atomic E-state index is 12.3. The van der Waals surface area contributed by atoms with Crippen molar-refractivity contribution in [3.8, 4) is 0 Å². The zero-order valence-corrected chi connectivity index (χ0v) is 8.97. The largest absolute Gasteiger partial charge is 0.406 e. The van der Waals surface area contributed by atoms with Crippen LogP contribution in [0.3, 0.4) is 0 Å². The summed E-state index contributed by atoms with van der Waals surface area (Å²) in [6.45, 7) is 1.56. The Labute approximate surface area is 90.8 Å². The standard InChI is InChI=1S/C9H13F3N2O2/c1-3-6-7(15)13-5(2)8(16)14(6)4-9(10,11)12/h5-6H,3-4H2,1-2H3,(H,13,15). The Balaban J connectivity index is 2.89. The van der Waals surface area contributed by atoms with Crippen LogP contribution in [0, 0.1) is 0 Å². The minimum absolute atomic E-state index is 0.167. The fourth-order valence-electron chi connectivity index (χ4n) is 1.70. The summed E-state index contributed by atoms with van der Waals surface area (Å²) in [7, 11) is 0. The first-order valence-corrected chi connectivity index (χ1v) is 4.94. The Bertz CT molecular complexity index is 304. The van der Waals surface area contributed by atoms with Crippen LogP contribution in [0.25, 0.3) is 0 Å². The molecule has 2 amide bonds. The highest BCUT2D eigenvalue weighted by Gasteiger charge is 2.43. The minimum Gasteiger partial charge on any atom is -0.343 e. The highest BCUT2D eigenvalue weighted by Crippen LogP contribution is 2.21. The molecular weight excluding hydrogens is 225 g/mol. The van der Waals surface area contributed by atoms with E-state index in [-0.39, 0.29) is 6.42 Å². The molecule has 0 saturated carbocycles. The van der Waals surface area contributed by atoms with Gasteiger partial charge in [0, 0.05) is 0 Å². The molecule has 1 fully saturated rings. The average molecular weight is 238 g/mol. The predicted octanol–water partition coefficient (Wildman–Crippen LogP) is 0.674. The second-order valence-electron chi connectivity index (χ2n) is 3.74. The number of piperazine rings is 1. The quantitative estimate of drug-likeness (QED) is 0.768. The smallest absolute Gasteiger partial charge is 0.343 e. The Kier molecular flexibility index (Phi) is 3.44. The van der Waals surface area contributed by atoms with Gasteiger partial charge in [-0.05, 0) is 13.3 Å². The maximum Gasteiger partial charge on any atom is 0.406 e. The lowest BCUT2D eigenvalue weighted by Gasteiger charge is -2.37. The molecule has 0 aliphatic carbocycles. The highest BCUT2D eigenvalue weighted by atomic mass is 19.4. The lowest BCUT2D eigenvalue weighted by atomic mass is 10.1. The Hall–Kier alpha value is -1.27. The van der Waals surface area contributed by atoms with Crippen LogP contribution in [0.5, 0.6) is 0 Å². The lowest BCUT2D eigenvalue weighted by Crippen LogP contribution is -2.63. The minimum atomic E-state index is -4.49. The van der Waals surface area contributed by atoms with Crippen molar-refractivity contribution in [3.05, 3.63) is 0 Å². The van der Waals surface area contributed by atoms with Crippen molar-refractivity contribution in [3.63, 3.8) is 0 Å². The van der Waals surface area contributed by atoms with Gasteiger partial charge in [-0.3, -0.25) is 9.59 Å². The van der Waals surface area contributed by atoms with Crippen LogP contribution in [-0.4, -0.2) is 41.5 Å². The van der Waals surface area contributed by atoms with E-state index < -0.39 is 36.6 Å². The summed E-state index contributed by atoms with van der Waals surface area (Å²) in [5.74, 6) is -1.22. The zero-order valence-electron chi connectivity index (χ0n) is 8.97. The van der Waals surface area contributed by atoms with Crippen molar-refractivity contribution in [2.45, 2.75) is 38.5 Å². The predicted molar refractivity (Wildman–Crippen MR) is 49.5 cm³/mol. The van der Waals surface area contributed by atoms with E-state index in [0.29, 0.717) is 4.90 Å². The van der Waals surface area contributed by atoms with Gasteiger partial charge in [0.15, 0.2) is 0 Å². The van der Waals surface area contributed by atoms with Gasteiger partial charge >= 0.3 is 6.18 Å². The number of nitrogens with zero attached hydrogens (tertiary/aromatic N) is 1. The molecule has 0 bridgehead atoms. The Morgan fingerprint density at radius 2 is 1.94 bits per heavy atom. The summed E-state index contributed by atoms with van der Waals surface area (Å²) in [5.41, 5.74) is 0. The normalized spacial score (nSPS) is 26.9. The lowest BCUT2D eigenvalue weighted by molar-refractivity contribution is -0.173. The van der Waals surface area contributed by atoms with E-state index in [1.165, 1.54) is 6.92 Å². The molecule has 2 atom stereocenters. The topological polar surface area (TPSA) is 49.4 Å². The van der Waals surface area contributed by atoms with Gasteiger partial charge in [-0.1, -0.05) is 6.92 Å². The van der Waals surface area contributed by atoms with Crippen LogP contribution >= 0.6 is 0 Å². The molecule has 1 heterocycles. The molecule has 92 valence electrons. The molecule has 0 aromatic heterocycles. The molecule has 1 rings (SSSR count). The molecule has 2 unspecified atom stereocenters. The van der Waals surface area contributed by atoms with E-state index in [2.05, 4.69) is 5.32 Å². The number of alkyl halides is 3. The summed E-state index contributed by atoms with van der Waals surface area (Å²) in [5, 5.41) is 2.35. The van der Waals surface area contributed by atoms with Gasteiger partial charge in [-0.25, -0.2) is 0 Å². The average Bonchev–Trinajstić information content (AvgIpc) is 2.12. The third-order valence-corrected chi connectivity index (χ3v) is 2.43. The fourth-order valence-corrected chi connectivity index (χ4v) is 1.70. The third kappa shape index (κ3) is 2.65. The van der Waals surface area contributed by atoms with Crippen molar-refractivity contribution in [2.75, 3.05) is 6.54 Å². The molecule has 1 N–H and O–H groups in total. The van der Waals surface area contributed by atoms with E-state index >= 15 is 0 Å². The summed E-state index contributed by atoms with van der Waals surface area (Å²) >= 11 is 0. The van der Waals surface area contributed by atoms with Crippen LogP contribution in [0.4, 0.5) is 13.2 Å². The first kappa shape index (κ1) is 12.8. The van der Waals surface area contributed by atoms with Crippen molar-refractivity contribution >= 4 is 11.8 Å². The summed E-state index contributed by atoms with van der Waals surface area (Å²) < 4.78 is 36.8. The first-order chi connectivity index (χ1) is 7.26. The monoisotopic (exact) mass is 238 g/mol. The van der Waals surface area contributed by atoms with E-state index in [1.54, 1.807) is 6.92 Å². The number of halogens is 3. The Morgan fingerprint density at radius 3 is 2.38 bits per heavy atom. The van der Waals surface area contributed by atoms with Gasteiger partial charge in [0.2, 0.25) is 11.8 Å². The molecule has 1 aliphatic heterocycles. The van der Waals surface area contributed by atoms with Crippen molar-refractivity contribution in [1.82, 2.24) is 10.2 Å². The maximum atomic E-state index is 12.3. The van der Waals surface area contributed by atoms with Crippen LogP contribution in [0.2, 0.25) is 0 Å².